The zero-order chi connectivity index (χ0) is 12.1. The Balaban J connectivity index is 1.81. The van der Waals surface area contributed by atoms with E-state index in [1.807, 2.05) is 0 Å². The Hall–Kier alpha value is -0.550. The van der Waals surface area contributed by atoms with Crippen LogP contribution in [0.1, 0.15) is 30.4 Å². The average Bonchev–Trinajstić information content (AvgIpc) is 2.34. The Morgan fingerprint density at radius 1 is 1.06 bits per heavy atom. The predicted molar refractivity (Wildman–Crippen MR) is 76.8 cm³/mol. The lowest BCUT2D eigenvalue weighted by Gasteiger charge is -2.22. The van der Waals surface area contributed by atoms with Crippen molar-refractivity contribution in [2.24, 2.45) is 0 Å². The largest absolute Gasteiger partial charge is 0.493 e. The van der Waals surface area contributed by atoms with Gasteiger partial charge in [-0.2, -0.15) is 0 Å². The summed E-state index contributed by atoms with van der Waals surface area (Å²) in [5.41, 5.74) is 2.53. The molecule has 94 valence electrons. The lowest BCUT2D eigenvalue weighted by atomic mass is 10.1. The van der Waals surface area contributed by atoms with Crippen LogP contribution in [0.15, 0.2) is 18.2 Å². The molecule has 1 aliphatic heterocycles. The number of rotatable bonds is 4. The molecule has 0 amide bonds. The molecular weight excluding hydrogens is 227 g/mol. The Morgan fingerprint density at radius 3 is 2.35 bits per heavy atom. The Bertz CT molecular complexity index is 336. The highest BCUT2D eigenvalue weighted by atomic mass is 31.1. The third kappa shape index (κ3) is 3.71. The smallest absolute Gasteiger partial charge is 0.125 e. The van der Waals surface area contributed by atoms with Gasteiger partial charge in [-0.05, 0) is 50.1 Å². The van der Waals surface area contributed by atoms with Gasteiger partial charge < -0.3 is 4.74 Å². The number of hydrogen-bond donors (Lipinski definition) is 0. The van der Waals surface area contributed by atoms with E-state index in [2.05, 4.69) is 32.0 Å². The third-order valence-electron chi connectivity index (χ3n) is 3.51. The summed E-state index contributed by atoms with van der Waals surface area (Å²) in [6.45, 7) is 5.18. The van der Waals surface area contributed by atoms with Crippen molar-refractivity contribution in [2.75, 3.05) is 25.1 Å². The van der Waals surface area contributed by atoms with Gasteiger partial charge in [0.05, 0.1) is 6.61 Å². The molecule has 2 rings (SSSR count). The Kier molecular flexibility index (Phi) is 4.86. The zero-order valence-electron chi connectivity index (χ0n) is 11.0. The predicted octanol–water partition coefficient (Wildman–Crippen LogP) is 4.35. The topological polar surface area (TPSA) is 9.23 Å². The monoisotopic (exact) mass is 250 g/mol. The van der Waals surface area contributed by atoms with Gasteiger partial charge in [0, 0.05) is 6.16 Å². The van der Waals surface area contributed by atoms with Gasteiger partial charge in [-0.25, -0.2) is 0 Å². The van der Waals surface area contributed by atoms with E-state index in [1.54, 1.807) is 0 Å². The van der Waals surface area contributed by atoms with Crippen molar-refractivity contribution >= 4 is 7.92 Å². The lowest BCUT2D eigenvalue weighted by molar-refractivity contribution is 0.338. The second-order valence-corrected chi connectivity index (χ2v) is 7.65. The number of aryl methyl sites for hydroxylation is 2. The van der Waals surface area contributed by atoms with Gasteiger partial charge in [-0.15, -0.1) is 7.92 Å². The first kappa shape index (κ1) is 12.9. The van der Waals surface area contributed by atoms with E-state index in [0.29, 0.717) is 0 Å². The fourth-order valence-corrected chi connectivity index (χ4v) is 4.85. The molecule has 1 nitrogen and oxygen atoms in total. The summed E-state index contributed by atoms with van der Waals surface area (Å²) < 4.78 is 5.99. The van der Waals surface area contributed by atoms with Crippen LogP contribution in [-0.2, 0) is 0 Å². The molecule has 1 fully saturated rings. The Labute approximate surface area is 106 Å². The number of para-hydroxylation sites is 1. The highest BCUT2D eigenvalue weighted by Gasteiger charge is 2.12. The van der Waals surface area contributed by atoms with E-state index in [4.69, 9.17) is 4.74 Å². The van der Waals surface area contributed by atoms with Crippen LogP contribution in [0, 0.1) is 13.8 Å². The van der Waals surface area contributed by atoms with Crippen molar-refractivity contribution < 1.29 is 4.74 Å². The molecule has 0 atom stereocenters. The first-order valence-corrected chi connectivity index (χ1v) is 8.58. The summed E-state index contributed by atoms with van der Waals surface area (Å²) in [5, 5.41) is 0. The van der Waals surface area contributed by atoms with Gasteiger partial charge in [0.25, 0.3) is 0 Å². The summed E-state index contributed by atoms with van der Waals surface area (Å²) >= 11 is 0. The standard InChI is InChI=1S/C15H23OP/c1-13-7-6-8-14(2)15(13)16-9-12-17-10-4-3-5-11-17/h6-8H,3-5,9-12H2,1-2H3. The molecule has 2 heteroatoms. The summed E-state index contributed by atoms with van der Waals surface area (Å²) in [6.07, 6.45) is 8.61. The van der Waals surface area contributed by atoms with Crippen LogP contribution in [0.2, 0.25) is 0 Å². The number of ether oxygens (including phenoxy) is 1. The first-order valence-electron chi connectivity index (χ1n) is 6.69. The summed E-state index contributed by atoms with van der Waals surface area (Å²) in [7, 11) is 0.288. The second-order valence-electron chi connectivity index (χ2n) is 4.97. The van der Waals surface area contributed by atoms with Crippen molar-refractivity contribution in [2.45, 2.75) is 33.1 Å². The molecule has 0 spiro atoms. The fourth-order valence-electron chi connectivity index (χ4n) is 2.49. The van der Waals surface area contributed by atoms with Gasteiger partial charge in [0.15, 0.2) is 0 Å². The number of hydrogen-bond acceptors (Lipinski definition) is 1. The minimum Gasteiger partial charge on any atom is -0.493 e. The van der Waals surface area contributed by atoms with Gasteiger partial charge >= 0.3 is 0 Å². The van der Waals surface area contributed by atoms with E-state index < -0.39 is 0 Å². The highest BCUT2D eigenvalue weighted by molar-refractivity contribution is 7.57. The molecule has 0 unspecified atom stereocenters. The van der Waals surface area contributed by atoms with Gasteiger partial charge in [0.1, 0.15) is 5.75 Å². The van der Waals surface area contributed by atoms with Crippen molar-refractivity contribution in [3.8, 4) is 5.75 Å². The maximum atomic E-state index is 5.99. The van der Waals surface area contributed by atoms with Gasteiger partial charge in [0.2, 0.25) is 0 Å². The molecule has 0 saturated carbocycles. The average molecular weight is 250 g/mol. The van der Waals surface area contributed by atoms with Crippen molar-refractivity contribution in [3.63, 3.8) is 0 Å². The maximum absolute atomic E-state index is 5.99. The molecule has 0 aromatic heterocycles. The van der Waals surface area contributed by atoms with Crippen LogP contribution in [0.3, 0.4) is 0 Å². The zero-order valence-corrected chi connectivity index (χ0v) is 11.9. The van der Waals surface area contributed by atoms with E-state index in [9.17, 15) is 0 Å². The highest BCUT2D eigenvalue weighted by Crippen LogP contribution is 2.41. The number of benzene rings is 1. The molecular formula is C15H23OP. The van der Waals surface area contributed by atoms with Crippen LogP contribution < -0.4 is 4.74 Å². The molecule has 1 aromatic rings. The molecule has 0 bridgehead atoms. The first-order chi connectivity index (χ1) is 8.27. The van der Waals surface area contributed by atoms with Crippen LogP contribution in [0.5, 0.6) is 5.75 Å². The summed E-state index contributed by atoms with van der Waals surface area (Å²) in [4.78, 5) is 0. The minimum atomic E-state index is 0.288. The molecule has 1 saturated heterocycles. The van der Waals surface area contributed by atoms with E-state index in [-0.39, 0.29) is 7.92 Å². The maximum Gasteiger partial charge on any atom is 0.125 e. The van der Waals surface area contributed by atoms with Crippen molar-refractivity contribution in [1.29, 1.82) is 0 Å². The lowest BCUT2D eigenvalue weighted by Crippen LogP contribution is -2.09. The van der Waals surface area contributed by atoms with E-state index in [1.165, 1.54) is 48.9 Å². The van der Waals surface area contributed by atoms with Crippen molar-refractivity contribution in [3.05, 3.63) is 29.3 Å². The Morgan fingerprint density at radius 2 is 1.71 bits per heavy atom. The third-order valence-corrected chi connectivity index (χ3v) is 6.22. The molecule has 1 aliphatic rings. The van der Waals surface area contributed by atoms with Crippen LogP contribution >= 0.6 is 7.92 Å². The van der Waals surface area contributed by atoms with Crippen molar-refractivity contribution in [1.82, 2.24) is 0 Å². The summed E-state index contributed by atoms with van der Waals surface area (Å²) in [5.74, 6) is 1.11. The normalized spacial score (nSPS) is 17.1. The van der Waals surface area contributed by atoms with E-state index in [0.717, 1.165) is 12.4 Å². The van der Waals surface area contributed by atoms with Gasteiger partial charge in [-0.1, -0.05) is 24.6 Å². The molecule has 0 aliphatic carbocycles. The molecule has 0 radical (unpaired) electrons. The molecule has 17 heavy (non-hydrogen) atoms. The summed E-state index contributed by atoms with van der Waals surface area (Å²) in [6, 6.07) is 6.37. The van der Waals surface area contributed by atoms with Crippen LogP contribution in [-0.4, -0.2) is 25.1 Å². The molecule has 1 aromatic carbocycles. The quantitative estimate of drug-likeness (QED) is 0.722. The van der Waals surface area contributed by atoms with E-state index >= 15 is 0 Å². The van der Waals surface area contributed by atoms with Gasteiger partial charge in [-0.3, -0.25) is 0 Å². The molecule has 0 N–H and O–H groups in total. The van der Waals surface area contributed by atoms with Crippen LogP contribution in [0.25, 0.3) is 0 Å². The second kappa shape index (κ2) is 6.40. The SMILES string of the molecule is Cc1cccc(C)c1OCCP1CCCCC1. The van der Waals surface area contributed by atoms with Crippen LogP contribution in [0.4, 0.5) is 0 Å². The minimum absolute atomic E-state index is 0.288. The fraction of sp³-hybridized carbons (Fsp3) is 0.600. The molecule has 1 heterocycles.